The largest absolute Gasteiger partial charge is 0.453 e. The van der Waals surface area contributed by atoms with Gasteiger partial charge in [-0.15, -0.1) is 0 Å². The molecule has 3 rings (SSSR count). The molecule has 2 heterocycles. The number of epoxide rings is 2. The third kappa shape index (κ3) is 10.3. The van der Waals surface area contributed by atoms with E-state index in [9.17, 15) is 9.59 Å². The summed E-state index contributed by atoms with van der Waals surface area (Å²) >= 11 is 0. The molecular weight excluding hydrogens is 488 g/mol. The van der Waals surface area contributed by atoms with E-state index < -0.39 is 23.1 Å². The molecule has 0 aliphatic carbocycles. The number of esters is 2. The van der Waals surface area contributed by atoms with Crippen molar-refractivity contribution in [2.75, 3.05) is 26.4 Å². The van der Waals surface area contributed by atoms with Crippen LogP contribution >= 0.6 is 0 Å². The van der Waals surface area contributed by atoms with Crippen molar-refractivity contribution in [3.05, 3.63) is 35.4 Å². The van der Waals surface area contributed by atoms with Gasteiger partial charge in [-0.25, -0.2) is 9.59 Å². The van der Waals surface area contributed by atoms with E-state index in [1.807, 2.05) is 41.5 Å². The summed E-state index contributed by atoms with van der Waals surface area (Å²) in [6.45, 7) is 14.2. The lowest BCUT2D eigenvalue weighted by Gasteiger charge is -2.32. The standard InChI is InChI=1S/C30H46O8/c1-21(33-17-9-7-11-25-19-35-25)29(3,4)37-27(31)23-13-15-24(16-14-23)28(32)38-30(5,6)22(2)34-18-10-8-12-26-20-36-26/h13-16,21-22,25-26H,7-12,17-20H2,1-6H3. The fourth-order valence-electron chi connectivity index (χ4n) is 3.84. The average Bonchev–Trinajstić information content (AvgIpc) is 3.78. The first-order chi connectivity index (χ1) is 18.0. The molecule has 0 saturated carbocycles. The molecule has 2 aliphatic rings. The van der Waals surface area contributed by atoms with Crippen molar-refractivity contribution in [2.45, 2.75) is 116 Å². The number of carbonyl (C=O) groups is 2. The van der Waals surface area contributed by atoms with Crippen LogP contribution in [-0.2, 0) is 28.4 Å². The molecule has 8 heteroatoms. The molecule has 1 aromatic carbocycles. The topological polar surface area (TPSA) is 96.1 Å². The minimum Gasteiger partial charge on any atom is -0.453 e. The Kier molecular flexibility index (Phi) is 11.2. The van der Waals surface area contributed by atoms with Crippen LogP contribution < -0.4 is 0 Å². The van der Waals surface area contributed by atoms with Crippen LogP contribution in [-0.4, -0.2) is 74.0 Å². The third-order valence-corrected chi connectivity index (χ3v) is 7.41. The Bertz CT molecular complexity index is 813. The average molecular weight is 535 g/mol. The SMILES string of the molecule is CC(OCCCCC1CO1)C(C)(C)OC(=O)c1ccc(C(=O)OC(C)(C)C(C)OCCCCC2CO2)cc1. The van der Waals surface area contributed by atoms with Gasteiger partial charge in [0.2, 0.25) is 0 Å². The third-order valence-electron chi connectivity index (χ3n) is 7.41. The van der Waals surface area contributed by atoms with E-state index in [1.165, 1.54) is 0 Å². The van der Waals surface area contributed by atoms with Gasteiger partial charge in [0, 0.05) is 13.2 Å². The number of carbonyl (C=O) groups excluding carboxylic acids is 2. The van der Waals surface area contributed by atoms with Crippen molar-refractivity contribution in [1.29, 1.82) is 0 Å². The highest BCUT2D eigenvalue weighted by molar-refractivity contribution is 5.93. The highest BCUT2D eigenvalue weighted by Gasteiger charge is 2.33. The molecule has 4 unspecified atom stereocenters. The number of hydrogen-bond acceptors (Lipinski definition) is 8. The molecule has 0 N–H and O–H groups in total. The van der Waals surface area contributed by atoms with Crippen molar-refractivity contribution < 1.29 is 38.0 Å². The molecule has 38 heavy (non-hydrogen) atoms. The fourth-order valence-corrected chi connectivity index (χ4v) is 3.84. The lowest BCUT2D eigenvalue weighted by molar-refractivity contribution is -0.0918. The van der Waals surface area contributed by atoms with Crippen molar-refractivity contribution in [2.24, 2.45) is 0 Å². The summed E-state index contributed by atoms with van der Waals surface area (Å²) in [4.78, 5) is 25.6. The highest BCUT2D eigenvalue weighted by Crippen LogP contribution is 2.24. The first-order valence-electron chi connectivity index (χ1n) is 14.0. The lowest BCUT2D eigenvalue weighted by atomic mass is 10.0. The summed E-state index contributed by atoms with van der Waals surface area (Å²) in [5.41, 5.74) is -0.891. The molecule has 0 spiro atoms. The van der Waals surface area contributed by atoms with Crippen LogP contribution in [0.25, 0.3) is 0 Å². The lowest BCUT2D eigenvalue weighted by Crippen LogP contribution is -2.41. The number of hydrogen-bond donors (Lipinski definition) is 0. The number of unbranched alkanes of at least 4 members (excludes halogenated alkanes) is 2. The summed E-state index contributed by atoms with van der Waals surface area (Å²) in [6, 6.07) is 6.32. The number of ether oxygens (including phenoxy) is 6. The molecule has 1 aromatic rings. The number of rotatable bonds is 18. The summed E-state index contributed by atoms with van der Waals surface area (Å²) in [5, 5.41) is 0. The maximum atomic E-state index is 12.8. The molecule has 4 atom stereocenters. The Morgan fingerprint density at radius 3 is 1.39 bits per heavy atom. The molecule has 2 aliphatic heterocycles. The first kappa shape index (κ1) is 30.5. The summed E-state index contributed by atoms with van der Waals surface area (Å²) in [6.07, 6.45) is 6.50. The normalized spacial score (nSPS) is 20.5. The van der Waals surface area contributed by atoms with E-state index in [0.717, 1.165) is 51.7 Å². The van der Waals surface area contributed by atoms with E-state index >= 15 is 0 Å². The maximum absolute atomic E-state index is 12.8. The molecule has 8 nitrogen and oxygen atoms in total. The molecule has 2 saturated heterocycles. The fraction of sp³-hybridized carbons (Fsp3) is 0.733. The first-order valence-corrected chi connectivity index (χ1v) is 14.0. The Labute approximate surface area is 227 Å². The van der Waals surface area contributed by atoms with Gasteiger partial charge >= 0.3 is 11.9 Å². The van der Waals surface area contributed by atoms with E-state index in [2.05, 4.69) is 0 Å². The Morgan fingerprint density at radius 1 is 0.737 bits per heavy atom. The van der Waals surface area contributed by atoms with E-state index in [-0.39, 0.29) is 12.2 Å². The maximum Gasteiger partial charge on any atom is 0.338 e. The van der Waals surface area contributed by atoms with Crippen LogP contribution in [0.2, 0.25) is 0 Å². The molecular formula is C30H46O8. The van der Waals surface area contributed by atoms with Gasteiger partial charge < -0.3 is 28.4 Å². The molecule has 2 fully saturated rings. The Morgan fingerprint density at radius 2 is 1.08 bits per heavy atom. The second-order valence-corrected chi connectivity index (χ2v) is 11.5. The van der Waals surface area contributed by atoms with Gasteiger partial charge in [0.15, 0.2) is 0 Å². The quantitative estimate of drug-likeness (QED) is 0.138. The second kappa shape index (κ2) is 13.9. The molecule has 0 bridgehead atoms. The molecule has 0 radical (unpaired) electrons. The van der Waals surface area contributed by atoms with Gasteiger partial charge in [-0.05, 0) is 104 Å². The Balaban J connectivity index is 1.40. The van der Waals surface area contributed by atoms with Gasteiger partial charge in [0.25, 0.3) is 0 Å². The van der Waals surface area contributed by atoms with Crippen LogP contribution in [0.3, 0.4) is 0 Å². The van der Waals surface area contributed by atoms with E-state index in [0.29, 0.717) is 36.5 Å². The van der Waals surface area contributed by atoms with Gasteiger partial charge in [0.1, 0.15) is 11.2 Å². The monoisotopic (exact) mass is 534 g/mol. The molecule has 0 amide bonds. The predicted octanol–water partition coefficient (Wildman–Crippen LogP) is 5.51. The summed E-state index contributed by atoms with van der Waals surface area (Å²) in [7, 11) is 0. The van der Waals surface area contributed by atoms with Crippen LogP contribution in [0.15, 0.2) is 24.3 Å². The van der Waals surface area contributed by atoms with Crippen molar-refractivity contribution >= 4 is 11.9 Å². The highest BCUT2D eigenvalue weighted by atomic mass is 16.6. The van der Waals surface area contributed by atoms with Gasteiger partial charge in [-0.3, -0.25) is 0 Å². The van der Waals surface area contributed by atoms with Gasteiger partial charge in [-0.2, -0.15) is 0 Å². The van der Waals surface area contributed by atoms with Gasteiger partial charge in [-0.1, -0.05) is 0 Å². The minimum absolute atomic E-state index is 0.267. The van der Waals surface area contributed by atoms with Crippen molar-refractivity contribution in [3.8, 4) is 0 Å². The molecule has 0 aromatic heterocycles. The second-order valence-electron chi connectivity index (χ2n) is 11.5. The van der Waals surface area contributed by atoms with Crippen molar-refractivity contribution in [3.63, 3.8) is 0 Å². The summed E-state index contributed by atoms with van der Waals surface area (Å²) in [5.74, 6) is -0.932. The van der Waals surface area contributed by atoms with E-state index in [4.69, 9.17) is 28.4 Å². The minimum atomic E-state index is -0.805. The summed E-state index contributed by atoms with van der Waals surface area (Å²) < 4.78 is 33.8. The predicted molar refractivity (Wildman–Crippen MR) is 143 cm³/mol. The van der Waals surface area contributed by atoms with Crippen LogP contribution in [0, 0.1) is 0 Å². The van der Waals surface area contributed by atoms with Crippen LogP contribution in [0.4, 0.5) is 0 Å². The van der Waals surface area contributed by atoms with Crippen LogP contribution in [0.1, 0.15) is 101 Å². The zero-order valence-corrected chi connectivity index (χ0v) is 24.0. The number of benzene rings is 1. The van der Waals surface area contributed by atoms with E-state index in [1.54, 1.807) is 24.3 Å². The van der Waals surface area contributed by atoms with Gasteiger partial charge in [0.05, 0.1) is 48.8 Å². The Hall–Kier alpha value is -2.00. The zero-order chi connectivity index (χ0) is 27.8. The molecule has 214 valence electrons. The van der Waals surface area contributed by atoms with Crippen molar-refractivity contribution in [1.82, 2.24) is 0 Å². The zero-order valence-electron chi connectivity index (χ0n) is 24.0. The van der Waals surface area contributed by atoms with Crippen LogP contribution in [0.5, 0.6) is 0 Å². The smallest absolute Gasteiger partial charge is 0.338 e.